The first-order valence-corrected chi connectivity index (χ1v) is 28.2. The minimum Gasteiger partial charge on any atom is -0.481 e. The molecule has 100 heavy (non-hydrogen) atoms. The Bertz CT molecular complexity index is 4640. The second-order valence-electron chi connectivity index (χ2n) is 17.0. The van der Waals surface area contributed by atoms with Crippen molar-refractivity contribution in [3.05, 3.63) is 125 Å². The number of carbonyl (C=O) groups is 6. The Hall–Kier alpha value is -14.2. The fraction of sp³-hybridized carbons (Fsp3) is 0.143. The number of benzene rings is 4. The van der Waals surface area contributed by atoms with Crippen LogP contribution in [0.2, 0.25) is 0 Å². The third-order valence-corrected chi connectivity index (χ3v) is 11.5. The Morgan fingerprint density at radius 1 is 0.490 bits per heavy atom. The molecule has 524 valence electrons. The van der Waals surface area contributed by atoms with Gasteiger partial charge in [0.25, 0.3) is 10.1 Å². The summed E-state index contributed by atoms with van der Waals surface area (Å²) < 4.78 is 32.8. The molecule has 14 rings (SSSR count). The molecule has 0 radical (unpaired) electrons. The van der Waals surface area contributed by atoms with Crippen LogP contribution in [0.3, 0.4) is 0 Å². The van der Waals surface area contributed by atoms with E-state index in [9.17, 15) is 37.2 Å². The molecular formula is C42H45N37O19S2. The molecule has 0 aliphatic rings. The van der Waals surface area contributed by atoms with Gasteiger partial charge in [0.05, 0.1) is 41.7 Å². The molecule has 1 atom stereocenters. The number of hydrogen-bond acceptors (Lipinski definition) is 40. The molecule has 14 aromatic rings. The Morgan fingerprint density at radius 2 is 0.950 bits per heavy atom. The lowest BCUT2D eigenvalue weighted by Gasteiger charge is -2.02. The summed E-state index contributed by atoms with van der Waals surface area (Å²) >= 11 is 0.885. The van der Waals surface area contributed by atoms with Gasteiger partial charge in [-0.15, -0.1) is 65.5 Å². The lowest BCUT2D eigenvalue weighted by Crippen LogP contribution is -2.17. The Labute approximate surface area is 551 Å². The van der Waals surface area contributed by atoms with Crippen LogP contribution >= 0.6 is 12.0 Å². The molecule has 10 heterocycles. The average molecular weight is 1440 g/mol. The van der Waals surface area contributed by atoms with E-state index in [1.807, 2.05) is 24.3 Å². The number of nitrogens with two attached hydrogens (primary N) is 1. The molecule has 4 aromatic carbocycles. The van der Waals surface area contributed by atoms with Crippen LogP contribution < -0.4 is 5.73 Å². The lowest BCUT2D eigenvalue weighted by molar-refractivity contribution is -0.432. The number of nitrogens with zero attached hydrogens (tertiary/aromatic N) is 26. The molecule has 0 saturated carbocycles. The number of aliphatic carboxylic acids is 3. The first kappa shape index (κ1) is 76.5. The SMILES string of the molecule is NCc1nn[nH]n1.O=C(O)CC(C(=O)O)c1nn[nH]n1.O=C(O)Cc1nn[nH]n1.O=C(O)c1cc2n[nH]nc2cc1C(=O)O.O=C(O)c1ccc2n[nH]nc2c1.O=S(=O)(O)Cc1nn[nH]n1.OCc1nn[nH]n1.OOOSc1ccc2n[nH]nc2c1.c1ccc2n[nH]nc2c1.c1nn[nH]n1. The molecule has 56 nitrogen and oxygen atoms in total. The van der Waals surface area contributed by atoms with Gasteiger partial charge in [0.1, 0.15) is 68.8 Å². The third kappa shape index (κ3) is 27.8. The van der Waals surface area contributed by atoms with E-state index in [0.717, 1.165) is 39.0 Å². The number of aliphatic hydroxyl groups is 1. The van der Waals surface area contributed by atoms with Crippen LogP contribution in [0.25, 0.3) is 44.1 Å². The molecule has 0 bridgehead atoms. The second-order valence-corrected chi connectivity index (χ2v) is 19.2. The normalized spacial score (nSPS) is 10.4. The Morgan fingerprint density at radius 3 is 1.32 bits per heavy atom. The summed E-state index contributed by atoms with van der Waals surface area (Å²) in [4.78, 5) is 63.6. The van der Waals surface area contributed by atoms with Gasteiger partial charge >= 0.3 is 35.8 Å². The van der Waals surface area contributed by atoms with E-state index in [1.165, 1.54) is 30.6 Å². The highest BCUT2D eigenvalue weighted by atomic mass is 32.2. The van der Waals surface area contributed by atoms with Gasteiger partial charge in [0, 0.05) is 4.90 Å². The molecule has 58 heteroatoms. The molecule has 10 aromatic heterocycles. The monoisotopic (exact) mass is 1440 g/mol. The maximum absolute atomic E-state index is 10.8. The maximum atomic E-state index is 10.8. The van der Waals surface area contributed by atoms with Crippen LogP contribution in [0.1, 0.15) is 72.5 Å². The van der Waals surface area contributed by atoms with E-state index in [4.69, 9.17) is 51.3 Å². The number of aromatic carboxylic acids is 3. The minimum absolute atomic E-state index is 0.0532. The average Bonchev–Trinajstić information content (AvgIpc) is 1.47. The molecule has 1 unspecified atom stereocenters. The fourth-order valence-electron chi connectivity index (χ4n) is 6.16. The van der Waals surface area contributed by atoms with Gasteiger partial charge in [-0.1, -0.05) is 48.5 Å². The number of carboxylic acids is 6. The van der Waals surface area contributed by atoms with Crippen molar-refractivity contribution < 1.29 is 92.1 Å². The van der Waals surface area contributed by atoms with Crippen molar-refractivity contribution in [3.63, 3.8) is 0 Å². The standard InChI is InChI=1S/C8H5N3O4.C7H5N3O2.C6H5N3O3S.C6H5N3.C5H6N4O4.C3H4N4O2.C2H5N5.C2H4N4O3S.C2H4N4O.CH2N4/c12-7(13)3-1-5-6(10-11-9-5)2-4(3)8(14)15;11-7(12)4-1-2-5-6(3-4)9-10-8-5;10-11-12-13-4-1-2-5-6(3-4)8-9-7-5;1-2-4-6-5(3-1)7-9-8-6;10-3(11)1-2(5(12)13)4-6-8-9-7-4;8-3(9)1-2-4-6-7-5-2;3-1-2-4-6-7-5-2;7-10(8,9)1-2-3-5-6-4-2;7-1-2-3-5-6-4-2;1-2-4-5-3-1/h1-2H,(H,12,13)(H,14,15)(H,9,10,11);1-3H,(H,11,12)(H,8,9,10);1-3,10H,(H,7,8,9);1-4H,(H,7,8,9);2H,1H2,(H,10,11)(H,12,13)(H,6,7,8,9);1H2,(H,8,9)(H,4,5,6,7);1,3H2,(H,4,5,6,7);1H2,(H,7,8,9)(H,3,4,5,6);7H,1H2,(H,3,4,5,6);1H,(H,2,3,4,5). The van der Waals surface area contributed by atoms with Gasteiger partial charge in [-0.3, -0.25) is 18.9 Å². The molecule has 0 fully saturated rings. The number of tetrazole rings is 6. The van der Waals surface area contributed by atoms with Crippen LogP contribution in [-0.2, 0) is 59.2 Å². The minimum atomic E-state index is -4.03. The molecule has 0 aliphatic heterocycles. The van der Waals surface area contributed by atoms with E-state index in [-0.39, 0.29) is 47.2 Å². The quantitative estimate of drug-likeness (QED) is 0.0191. The van der Waals surface area contributed by atoms with Crippen molar-refractivity contribution in [2.75, 3.05) is 0 Å². The molecule has 0 saturated heterocycles. The van der Waals surface area contributed by atoms with Gasteiger partial charge in [-0.25, -0.2) is 19.6 Å². The summed E-state index contributed by atoms with van der Waals surface area (Å²) in [5, 5.41) is 184. The third-order valence-electron chi connectivity index (χ3n) is 10.3. The van der Waals surface area contributed by atoms with Gasteiger partial charge in [-0.2, -0.15) is 101 Å². The molecule has 0 aliphatic carbocycles. The molecule has 0 amide bonds. The molecular weight excluding hydrogens is 1390 g/mol. The topological polar surface area (TPSA) is 856 Å². The predicted octanol–water partition coefficient (Wildman–Crippen LogP) is -3.84. The van der Waals surface area contributed by atoms with Crippen molar-refractivity contribution in [1.82, 2.24) is 185 Å². The largest absolute Gasteiger partial charge is 0.481 e. The lowest BCUT2D eigenvalue weighted by atomic mass is 10.1. The second kappa shape index (κ2) is 40.8. The number of fused-ring (bicyclic) bond motifs is 4. The summed E-state index contributed by atoms with van der Waals surface area (Å²) in [6, 6.07) is 19.9. The van der Waals surface area contributed by atoms with E-state index < -0.39 is 64.0 Å². The van der Waals surface area contributed by atoms with Crippen molar-refractivity contribution >= 4 is 102 Å². The summed E-state index contributed by atoms with van der Waals surface area (Å²) in [5.41, 5.74) is 9.92. The first-order chi connectivity index (χ1) is 48.1. The zero-order valence-electron chi connectivity index (χ0n) is 49.2. The zero-order chi connectivity index (χ0) is 72.7. The highest BCUT2D eigenvalue weighted by Crippen LogP contribution is 2.22. The number of rotatable bonds is 16. The van der Waals surface area contributed by atoms with E-state index in [0.29, 0.717) is 40.3 Å². The maximum Gasteiger partial charge on any atom is 0.336 e. The summed E-state index contributed by atoms with van der Waals surface area (Å²) in [7, 11) is -4.03. The number of hydrogen-bond donors (Lipinski definition) is 20. The Balaban J connectivity index is 0.000000203. The van der Waals surface area contributed by atoms with Crippen LogP contribution in [0.15, 0.2) is 84.0 Å². The summed E-state index contributed by atoms with van der Waals surface area (Å²) in [6.45, 7) is 0.187. The number of aromatic amines is 10. The van der Waals surface area contributed by atoms with Crippen LogP contribution in [0, 0.1) is 0 Å². The van der Waals surface area contributed by atoms with Crippen molar-refractivity contribution in [2.24, 2.45) is 5.73 Å². The zero-order valence-corrected chi connectivity index (χ0v) is 50.9. The summed E-state index contributed by atoms with van der Waals surface area (Å²) in [6.07, 6.45) is 0.589. The fourth-order valence-corrected chi connectivity index (χ4v) is 7.00. The van der Waals surface area contributed by atoms with E-state index in [2.05, 4.69) is 195 Å². The van der Waals surface area contributed by atoms with Crippen LogP contribution in [0.5, 0.6) is 0 Å². The number of para-hydroxylation sites is 2. The van der Waals surface area contributed by atoms with Crippen molar-refractivity contribution in [3.8, 4) is 0 Å². The first-order valence-electron chi connectivity index (χ1n) is 25.8. The number of nitrogens with one attached hydrogen (secondary N) is 10. The predicted molar refractivity (Wildman–Crippen MR) is 315 cm³/mol. The van der Waals surface area contributed by atoms with Gasteiger partial charge in [-0.05, 0) is 60.7 Å². The van der Waals surface area contributed by atoms with Crippen molar-refractivity contribution in [1.29, 1.82) is 0 Å². The van der Waals surface area contributed by atoms with E-state index in [1.54, 1.807) is 24.3 Å². The van der Waals surface area contributed by atoms with Gasteiger partial charge in [0.15, 0.2) is 35.4 Å². The highest BCUT2D eigenvalue weighted by molar-refractivity contribution is 7.94. The number of carboxylic acid groups (broad SMARTS) is 6. The summed E-state index contributed by atoms with van der Waals surface area (Å²) in [5.74, 6) is -8.04. The smallest absolute Gasteiger partial charge is 0.336 e. The van der Waals surface area contributed by atoms with Crippen LogP contribution in [0.4, 0.5) is 0 Å². The number of aliphatic hydroxyl groups excluding tert-OH is 1. The van der Waals surface area contributed by atoms with Crippen molar-refractivity contribution in [2.45, 2.75) is 42.6 Å². The highest BCUT2D eigenvalue weighted by Gasteiger charge is 2.27. The Kier molecular flexibility index (Phi) is 31.2. The number of aromatic nitrogens is 36. The molecule has 21 N–H and O–H groups in total. The van der Waals surface area contributed by atoms with Crippen LogP contribution in [-0.4, -0.2) is 275 Å². The van der Waals surface area contributed by atoms with E-state index >= 15 is 0 Å². The van der Waals surface area contributed by atoms with Gasteiger partial charge in [0.2, 0.25) is 0 Å². The number of H-pyrrole nitrogens is 10. The molecule has 0 spiro atoms. The van der Waals surface area contributed by atoms with Gasteiger partial charge < -0.3 is 41.5 Å².